The van der Waals surface area contributed by atoms with Gasteiger partial charge < -0.3 is 10.2 Å². The minimum Gasteiger partial charge on any atom is -0.345 e. The molecule has 0 radical (unpaired) electrons. The third-order valence-electron chi connectivity index (χ3n) is 2.64. The van der Waals surface area contributed by atoms with Crippen molar-refractivity contribution in [1.29, 1.82) is 0 Å². The van der Waals surface area contributed by atoms with E-state index in [1.807, 2.05) is 26.8 Å². The Labute approximate surface area is 102 Å². The van der Waals surface area contributed by atoms with Crippen LogP contribution in [-0.2, 0) is 11.3 Å². The van der Waals surface area contributed by atoms with Gasteiger partial charge >= 0.3 is 0 Å². The summed E-state index contributed by atoms with van der Waals surface area (Å²) in [6.07, 6.45) is 1.73. The number of nitrogens with one attached hydrogen (secondary N) is 1. The van der Waals surface area contributed by atoms with Gasteiger partial charge in [0.15, 0.2) is 0 Å². The number of amides is 1. The molecule has 5 nitrogen and oxygen atoms in total. The number of carbonyl (C=O) groups excluding carboxylic acids is 1. The van der Waals surface area contributed by atoms with Crippen molar-refractivity contribution < 1.29 is 4.79 Å². The van der Waals surface area contributed by atoms with Crippen LogP contribution in [0.25, 0.3) is 0 Å². The Morgan fingerprint density at radius 1 is 1.59 bits per heavy atom. The predicted octanol–water partition coefficient (Wildman–Crippen LogP) is 0.741. The molecule has 0 aliphatic carbocycles. The molecule has 0 saturated heterocycles. The zero-order valence-corrected chi connectivity index (χ0v) is 10.9. The molecule has 0 aromatic carbocycles. The molecule has 0 bridgehead atoms. The summed E-state index contributed by atoms with van der Waals surface area (Å²) in [7, 11) is 1.80. The average molecular weight is 236 g/mol. The highest BCUT2D eigenvalue weighted by Crippen LogP contribution is 1.97. The van der Waals surface area contributed by atoms with E-state index in [0.29, 0.717) is 6.54 Å². The Morgan fingerprint density at radius 2 is 2.29 bits per heavy atom. The van der Waals surface area contributed by atoms with E-state index in [0.717, 1.165) is 18.1 Å². The number of rotatable bonds is 5. The molecule has 0 saturated carbocycles. The van der Waals surface area contributed by atoms with Crippen LogP contribution in [0, 0.1) is 6.92 Å². The van der Waals surface area contributed by atoms with E-state index >= 15 is 0 Å². The summed E-state index contributed by atoms with van der Waals surface area (Å²) in [4.78, 5) is 21.8. The van der Waals surface area contributed by atoms with Crippen molar-refractivity contribution in [1.82, 2.24) is 20.2 Å². The summed E-state index contributed by atoms with van der Waals surface area (Å²) in [6.45, 7) is 6.97. The molecule has 1 aromatic heterocycles. The molecule has 94 valence electrons. The van der Waals surface area contributed by atoms with Crippen LogP contribution in [0.1, 0.15) is 25.4 Å². The van der Waals surface area contributed by atoms with Gasteiger partial charge in [-0.05, 0) is 26.8 Å². The Hall–Kier alpha value is -1.49. The fourth-order valence-corrected chi connectivity index (χ4v) is 1.43. The second-order valence-corrected chi connectivity index (χ2v) is 4.05. The van der Waals surface area contributed by atoms with Gasteiger partial charge in [0.2, 0.25) is 5.91 Å². The second-order valence-electron chi connectivity index (χ2n) is 4.05. The van der Waals surface area contributed by atoms with Crippen molar-refractivity contribution in [2.45, 2.75) is 33.4 Å². The molecule has 1 unspecified atom stereocenters. The topological polar surface area (TPSA) is 58.1 Å². The molecule has 1 aromatic rings. The minimum atomic E-state index is -0.199. The molecular formula is C12H20N4O. The number of nitrogens with zero attached hydrogens (tertiary/aromatic N) is 3. The first-order valence-corrected chi connectivity index (χ1v) is 5.81. The molecule has 1 heterocycles. The van der Waals surface area contributed by atoms with Crippen molar-refractivity contribution in [2.24, 2.45) is 0 Å². The lowest BCUT2D eigenvalue weighted by atomic mass is 10.2. The van der Waals surface area contributed by atoms with Gasteiger partial charge in [-0.2, -0.15) is 0 Å². The quantitative estimate of drug-likeness (QED) is 0.819. The first kappa shape index (κ1) is 13.6. The maximum Gasteiger partial charge on any atom is 0.239 e. The molecule has 1 rings (SSSR count). The van der Waals surface area contributed by atoms with Gasteiger partial charge in [-0.25, -0.2) is 9.97 Å². The molecule has 17 heavy (non-hydrogen) atoms. The third kappa shape index (κ3) is 4.11. The van der Waals surface area contributed by atoms with Crippen molar-refractivity contribution in [3.05, 3.63) is 23.8 Å². The lowest BCUT2D eigenvalue weighted by molar-refractivity contribution is -0.131. The number of hydrogen-bond donors (Lipinski definition) is 1. The lowest BCUT2D eigenvalue weighted by Crippen LogP contribution is -2.42. The maximum absolute atomic E-state index is 11.8. The van der Waals surface area contributed by atoms with Crippen LogP contribution in [0.4, 0.5) is 0 Å². The van der Waals surface area contributed by atoms with Crippen LogP contribution in [0.15, 0.2) is 12.3 Å². The first-order chi connectivity index (χ1) is 8.04. The van der Waals surface area contributed by atoms with E-state index in [1.165, 1.54) is 0 Å². The fraction of sp³-hybridized carbons (Fsp3) is 0.583. The van der Waals surface area contributed by atoms with Crippen LogP contribution in [0.5, 0.6) is 0 Å². The molecule has 1 amide bonds. The average Bonchev–Trinajstić information content (AvgIpc) is 2.34. The summed E-state index contributed by atoms with van der Waals surface area (Å²) in [5, 5.41) is 3.16. The first-order valence-electron chi connectivity index (χ1n) is 5.81. The highest BCUT2D eigenvalue weighted by molar-refractivity contribution is 5.81. The molecule has 0 aliphatic rings. The largest absolute Gasteiger partial charge is 0.345 e. The van der Waals surface area contributed by atoms with Gasteiger partial charge in [0.25, 0.3) is 0 Å². The Morgan fingerprint density at radius 3 is 2.88 bits per heavy atom. The maximum atomic E-state index is 11.8. The monoisotopic (exact) mass is 236 g/mol. The molecule has 5 heteroatoms. The van der Waals surface area contributed by atoms with Gasteiger partial charge in [-0.3, -0.25) is 4.79 Å². The lowest BCUT2D eigenvalue weighted by Gasteiger charge is -2.20. The minimum absolute atomic E-state index is 0.0956. The summed E-state index contributed by atoms with van der Waals surface area (Å²) in [6, 6.07) is 1.65. The van der Waals surface area contributed by atoms with Gasteiger partial charge in [-0.15, -0.1) is 0 Å². The van der Waals surface area contributed by atoms with E-state index < -0.39 is 0 Å². The number of likely N-dealkylation sites (N-methyl/N-ethyl adjacent to an activating group) is 1. The third-order valence-corrected chi connectivity index (χ3v) is 2.64. The van der Waals surface area contributed by atoms with Crippen LogP contribution < -0.4 is 5.32 Å². The Kier molecular flexibility index (Phi) is 5.03. The summed E-state index contributed by atoms with van der Waals surface area (Å²) in [5.41, 5.74) is 0.899. The fourth-order valence-electron chi connectivity index (χ4n) is 1.43. The Balaban J connectivity index is 2.48. The number of aromatic nitrogens is 2. The summed E-state index contributed by atoms with van der Waals surface area (Å²) in [5.74, 6) is 0.840. The van der Waals surface area contributed by atoms with Crippen molar-refractivity contribution >= 4 is 5.91 Å². The van der Waals surface area contributed by atoms with E-state index in [2.05, 4.69) is 15.3 Å². The van der Waals surface area contributed by atoms with E-state index in [1.54, 1.807) is 18.1 Å². The van der Waals surface area contributed by atoms with E-state index in [9.17, 15) is 4.79 Å². The van der Waals surface area contributed by atoms with Crippen LogP contribution in [-0.4, -0.2) is 40.4 Å². The van der Waals surface area contributed by atoms with E-state index in [4.69, 9.17) is 0 Å². The van der Waals surface area contributed by atoms with Gasteiger partial charge in [0, 0.05) is 26.3 Å². The highest BCUT2D eigenvalue weighted by atomic mass is 16.2. The van der Waals surface area contributed by atoms with Gasteiger partial charge in [-0.1, -0.05) is 0 Å². The van der Waals surface area contributed by atoms with Crippen LogP contribution in [0.2, 0.25) is 0 Å². The number of carbonyl (C=O) groups is 1. The predicted molar refractivity (Wildman–Crippen MR) is 66.4 cm³/mol. The zero-order chi connectivity index (χ0) is 12.8. The molecule has 0 spiro atoms. The van der Waals surface area contributed by atoms with Crippen molar-refractivity contribution in [3.63, 3.8) is 0 Å². The highest BCUT2D eigenvalue weighted by Gasteiger charge is 2.15. The molecule has 1 N–H and O–H groups in total. The number of hydrogen-bond acceptors (Lipinski definition) is 4. The van der Waals surface area contributed by atoms with Crippen LogP contribution in [0.3, 0.4) is 0 Å². The summed E-state index contributed by atoms with van der Waals surface area (Å²) >= 11 is 0. The van der Waals surface area contributed by atoms with Gasteiger partial charge in [0.05, 0.1) is 11.7 Å². The zero-order valence-electron chi connectivity index (χ0n) is 10.9. The molecule has 0 aliphatic heterocycles. The van der Waals surface area contributed by atoms with Crippen LogP contribution >= 0.6 is 0 Å². The standard InChI is InChI=1S/C12H20N4O/c1-5-16(4)12(17)9(2)14-8-11-6-7-13-10(3)15-11/h6-7,9,14H,5,8H2,1-4H3. The van der Waals surface area contributed by atoms with Crippen molar-refractivity contribution in [2.75, 3.05) is 13.6 Å². The summed E-state index contributed by atoms with van der Waals surface area (Å²) < 4.78 is 0. The van der Waals surface area contributed by atoms with E-state index in [-0.39, 0.29) is 11.9 Å². The second kappa shape index (κ2) is 6.30. The normalized spacial score (nSPS) is 12.2. The molecule has 0 fully saturated rings. The number of aryl methyl sites for hydroxylation is 1. The molecule has 1 atom stereocenters. The van der Waals surface area contributed by atoms with Gasteiger partial charge in [0.1, 0.15) is 5.82 Å². The van der Waals surface area contributed by atoms with Crippen molar-refractivity contribution in [3.8, 4) is 0 Å². The smallest absolute Gasteiger partial charge is 0.239 e. The Bertz CT molecular complexity index is 381. The SMILES string of the molecule is CCN(C)C(=O)C(C)NCc1ccnc(C)n1. The molecular weight excluding hydrogens is 216 g/mol.